The number of nitrogens with zero attached hydrogens (tertiary/aromatic N) is 4. The number of hydrogen-bond acceptors (Lipinski definition) is 6. The van der Waals surface area contributed by atoms with E-state index in [2.05, 4.69) is 25.6 Å². The molecule has 0 spiro atoms. The van der Waals surface area contributed by atoms with E-state index in [0.29, 0.717) is 0 Å². The zero-order chi connectivity index (χ0) is 19.4. The molecule has 0 saturated heterocycles. The highest BCUT2D eigenvalue weighted by Gasteiger charge is 2.15. The summed E-state index contributed by atoms with van der Waals surface area (Å²) in [4.78, 5) is 27.7. The summed E-state index contributed by atoms with van der Waals surface area (Å²) in [5.74, 6) is 1.47. The molecule has 140 valence electrons. The Morgan fingerprint density at radius 3 is 2.74 bits per heavy atom. The molecule has 0 bridgehead atoms. The predicted octanol–water partition coefficient (Wildman–Crippen LogP) is 3.98. The number of rotatable bonds is 5. The topological polar surface area (TPSA) is 83.0 Å². The first kappa shape index (κ1) is 18.8. The maximum absolute atomic E-state index is 11.8. The number of hydrogen-bond donors (Lipinski definition) is 2. The van der Waals surface area contributed by atoms with Crippen LogP contribution in [0.1, 0.15) is 23.5 Å². The van der Waals surface area contributed by atoms with E-state index in [0.717, 1.165) is 32.8 Å². The van der Waals surface area contributed by atoms with Crippen molar-refractivity contribution in [3.63, 3.8) is 0 Å². The van der Waals surface area contributed by atoms with Crippen molar-refractivity contribution >= 4 is 29.0 Å². The molecule has 3 aromatic heterocycles. The van der Waals surface area contributed by atoms with Crippen molar-refractivity contribution in [3.8, 4) is 10.6 Å². The molecule has 7 nitrogen and oxygen atoms in total. The molecule has 8 heteroatoms. The van der Waals surface area contributed by atoms with E-state index >= 15 is 0 Å². The molecule has 0 aromatic carbocycles. The summed E-state index contributed by atoms with van der Waals surface area (Å²) in [6.07, 6.45) is 3.55. The summed E-state index contributed by atoms with van der Waals surface area (Å²) in [5.41, 5.74) is 1.95. The largest absolute Gasteiger partial charge is 0.331 e. The molecule has 2 N–H and O–H groups in total. The van der Waals surface area contributed by atoms with E-state index in [4.69, 9.17) is 0 Å². The number of anilines is 2. The number of carbonyl (C=O) groups excluding carboxylic acids is 1. The number of pyridine rings is 2. The number of nitrogens with one attached hydrogen (secondary N) is 2. The fourth-order valence-electron chi connectivity index (χ4n) is 2.36. The van der Waals surface area contributed by atoms with E-state index < -0.39 is 0 Å². The summed E-state index contributed by atoms with van der Waals surface area (Å²) in [7, 11) is 3.42. The van der Waals surface area contributed by atoms with E-state index in [1.807, 2.05) is 44.2 Å². The van der Waals surface area contributed by atoms with Crippen molar-refractivity contribution in [2.45, 2.75) is 19.9 Å². The fourth-order valence-corrected chi connectivity index (χ4v) is 3.25. The molecule has 27 heavy (non-hydrogen) atoms. The van der Waals surface area contributed by atoms with Crippen LogP contribution in [0.15, 0.2) is 42.7 Å². The highest BCUT2D eigenvalue weighted by atomic mass is 32.1. The zero-order valence-electron chi connectivity index (χ0n) is 15.7. The molecule has 2 amide bonds. The number of amides is 2. The van der Waals surface area contributed by atoms with Crippen LogP contribution in [0.4, 0.5) is 16.4 Å². The first-order valence-corrected chi connectivity index (χ1v) is 9.34. The number of urea groups is 1. The summed E-state index contributed by atoms with van der Waals surface area (Å²) in [6.45, 7) is 3.94. The van der Waals surface area contributed by atoms with Gasteiger partial charge in [0.2, 0.25) is 0 Å². The highest BCUT2D eigenvalue weighted by molar-refractivity contribution is 7.15. The number of aryl methyl sites for hydroxylation is 1. The molecule has 0 aliphatic heterocycles. The first-order valence-electron chi connectivity index (χ1n) is 8.53. The maximum Gasteiger partial charge on any atom is 0.317 e. The summed E-state index contributed by atoms with van der Waals surface area (Å²) < 4.78 is 0. The van der Waals surface area contributed by atoms with Gasteiger partial charge in [0.05, 0.1) is 16.6 Å². The quantitative estimate of drug-likeness (QED) is 0.697. The SMILES string of the molecule is Cc1ccnc(Nc2cccc(-c3cnc([C@H](C)NC(=O)N(C)C)s3)n2)c1. The minimum atomic E-state index is -0.170. The van der Waals surface area contributed by atoms with Gasteiger partial charge >= 0.3 is 6.03 Å². The van der Waals surface area contributed by atoms with Gasteiger partial charge in [0.15, 0.2) is 0 Å². The summed E-state index contributed by atoms with van der Waals surface area (Å²) >= 11 is 1.51. The molecule has 3 rings (SSSR count). The molecule has 0 radical (unpaired) electrons. The predicted molar refractivity (Wildman–Crippen MR) is 108 cm³/mol. The molecular formula is C19H22N6OS. The standard InChI is InChI=1S/C19H22N6OS/c1-12-8-9-20-17(10-12)24-16-7-5-6-14(23-16)15-11-21-18(27-15)13(2)22-19(26)25(3)4/h5-11,13H,1-4H3,(H,22,26)(H,20,23,24)/t13-/m0/s1. The first-order chi connectivity index (χ1) is 12.9. The van der Waals surface area contributed by atoms with Gasteiger partial charge in [0.25, 0.3) is 0 Å². The lowest BCUT2D eigenvalue weighted by Crippen LogP contribution is -2.36. The smallest absolute Gasteiger partial charge is 0.317 e. The molecule has 0 fully saturated rings. The van der Waals surface area contributed by atoms with Gasteiger partial charge < -0.3 is 15.5 Å². The molecule has 0 aliphatic carbocycles. The van der Waals surface area contributed by atoms with Crippen LogP contribution >= 0.6 is 11.3 Å². The van der Waals surface area contributed by atoms with Gasteiger partial charge in [0, 0.05) is 26.5 Å². The summed E-state index contributed by atoms with van der Waals surface area (Å²) in [5, 5.41) is 6.96. The molecule has 0 aliphatic rings. The maximum atomic E-state index is 11.8. The van der Waals surface area contributed by atoms with Gasteiger partial charge in [-0.05, 0) is 43.7 Å². The van der Waals surface area contributed by atoms with Gasteiger partial charge in [-0.25, -0.2) is 19.7 Å². The van der Waals surface area contributed by atoms with Crippen LogP contribution in [0.3, 0.4) is 0 Å². The Kier molecular flexibility index (Phi) is 5.66. The monoisotopic (exact) mass is 382 g/mol. The minimum Gasteiger partial charge on any atom is -0.331 e. The number of thiazole rings is 1. The van der Waals surface area contributed by atoms with Crippen LogP contribution in [-0.2, 0) is 0 Å². The number of carbonyl (C=O) groups is 1. The third kappa shape index (κ3) is 4.79. The van der Waals surface area contributed by atoms with Gasteiger partial charge in [-0.1, -0.05) is 6.07 Å². The van der Waals surface area contributed by atoms with E-state index in [9.17, 15) is 4.79 Å². The van der Waals surface area contributed by atoms with Crippen LogP contribution in [0.2, 0.25) is 0 Å². The van der Waals surface area contributed by atoms with Crippen molar-refractivity contribution in [1.29, 1.82) is 0 Å². The number of aromatic nitrogens is 3. The van der Waals surface area contributed by atoms with Gasteiger partial charge in [-0.3, -0.25) is 0 Å². The second-order valence-electron chi connectivity index (χ2n) is 6.38. The lowest BCUT2D eigenvalue weighted by atomic mass is 10.3. The molecule has 3 aromatic rings. The fraction of sp³-hybridized carbons (Fsp3) is 0.263. The Morgan fingerprint density at radius 2 is 2.00 bits per heavy atom. The molecule has 3 heterocycles. The third-order valence-electron chi connectivity index (χ3n) is 3.81. The Bertz CT molecular complexity index is 939. The van der Waals surface area contributed by atoms with Crippen molar-refractivity contribution in [3.05, 3.63) is 53.3 Å². The van der Waals surface area contributed by atoms with Crippen LogP contribution in [0, 0.1) is 6.92 Å². The average Bonchev–Trinajstić information content (AvgIpc) is 3.12. The zero-order valence-corrected chi connectivity index (χ0v) is 16.5. The second-order valence-corrected chi connectivity index (χ2v) is 7.44. The molecule has 0 saturated carbocycles. The van der Waals surface area contributed by atoms with Gasteiger partial charge in [-0.2, -0.15) is 0 Å². The van der Waals surface area contributed by atoms with E-state index in [1.54, 1.807) is 26.5 Å². The van der Waals surface area contributed by atoms with Gasteiger partial charge in [-0.15, -0.1) is 11.3 Å². The Morgan fingerprint density at radius 1 is 1.19 bits per heavy atom. The van der Waals surface area contributed by atoms with Crippen molar-refractivity contribution in [1.82, 2.24) is 25.2 Å². The van der Waals surface area contributed by atoms with Crippen molar-refractivity contribution in [2.75, 3.05) is 19.4 Å². The van der Waals surface area contributed by atoms with Crippen LogP contribution in [0.25, 0.3) is 10.6 Å². The van der Waals surface area contributed by atoms with Crippen LogP contribution in [0.5, 0.6) is 0 Å². The normalized spacial score (nSPS) is 11.7. The average molecular weight is 382 g/mol. The van der Waals surface area contributed by atoms with Crippen LogP contribution in [-0.4, -0.2) is 40.0 Å². The van der Waals surface area contributed by atoms with Crippen molar-refractivity contribution < 1.29 is 4.79 Å². The van der Waals surface area contributed by atoms with Crippen molar-refractivity contribution in [2.24, 2.45) is 0 Å². The third-order valence-corrected chi connectivity index (χ3v) is 5.02. The highest BCUT2D eigenvalue weighted by Crippen LogP contribution is 2.29. The Hall–Kier alpha value is -3.00. The second kappa shape index (κ2) is 8.13. The summed E-state index contributed by atoms with van der Waals surface area (Å²) in [6, 6.07) is 9.38. The Balaban J connectivity index is 1.75. The minimum absolute atomic E-state index is 0.144. The lowest BCUT2D eigenvalue weighted by Gasteiger charge is -2.15. The van der Waals surface area contributed by atoms with E-state index in [1.165, 1.54) is 16.2 Å². The van der Waals surface area contributed by atoms with Crippen LogP contribution < -0.4 is 10.6 Å². The van der Waals surface area contributed by atoms with Gasteiger partial charge in [0.1, 0.15) is 16.6 Å². The molecule has 0 unspecified atom stereocenters. The molecular weight excluding hydrogens is 360 g/mol. The Labute approximate surface area is 162 Å². The lowest BCUT2D eigenvalue weighted by molar-refractivity contribution is 0.214. The van der Waals surface area contributed by atoms with E-state index in [-0.39, 0.29) is 12.1 Å². The molecule has 1 atom stereocenters.